The van der Waals surface area contributed by atoms with Gasteiger partial charge >= 0.3 is 11.9 Å². The van der Waals surface area contributed by atoms with Crippen LogP contribution in [0.5, 0.6) is 0 Å². The van der Waals surface area contributed by atoms with Gasteiger partial charge in [0.15, 0.2) is 6.73 Å². The second-order valence-corrected chi connectivity index (χ2v) is 8.65. The van der Waals surface area contributed by atoms with Crippen molar-refractivity contribution in [2.75, 3.05) is 0 Å². The molecule has 5 aromatic rings. The van der Waals surface area contributed by atoms with E-state index in [0.717, 1.165) is 5.39 Å². The lowest BCUT2D eigenvalue weighted by molar-refractivity contribution is 0.0343. The molecule has 2 N–H and O–H groups in total. The van der Waals surface area contributed by atoms with Crippen molar-refractivity contribution in [3.05, 3.63) is 107 Å². The van der Waals surface area contributed by atoms with Crippen LogP contribution in [-0.4, -0.2) is 42.3 Å². The van der Waals surface area contributed by atoms with E-state index in [1.807, 2.05) is 6.07 Å². The summed E-state index contributed by atoms with van der Waals surface area (Å²) in [6.45, 7) is -0.178. The number of pyridine rings is 1. The molecule has 0 aliphatic rings. The highest BCUT2D eigenvalue weighted by atomic mass is 19.1. The third-order valence-corrected chi connectivity index (χ3v) is 6.14. The lowest BCUT2D eigenvalue weighted by atomic mass is 10.1. The third kappa shape index (κ3) is 5.23. The molecule has 0 aliphatic heterocycles. The van der Waals surface area contributed by atoms with Crippen LogP contribution in [0.1, 0.15) is 36.8 Å². The Morgan fingerprint density at radius 3 is 2.54 bits per heavy atom. The maximum atomic E-state index is 13.9. The largest absolute Gasteiger partial charge is 0.478 e. The number of aromatic nitrogens is 4. The number of benzene rings is 2. The van der Waals surface area contributed by atoms with Crippen LogP contribution < -0.4 is 5.32 Å². The number of hydrogen-bond donors (Lipinski definition) is 2. The van der Waals surface area contributed by atoms with Gasteiger partial charge in [0.2, 0.25) is 0 Å². The molecule has 1 amide bonds. The minimum Gasteiger partial charge on any atom is -0.478 e. The molecular formula is C28H22FN5O5. The van der Waals surface area contributed by atoms with Crippen molar-refractivity contribution >= 4 is 28.9 Å². The Hall–Kier alpha value is -5.32. The summed E-state index contributed by atoms with van der Waals surface area (Å²) in [5.41, 5.74) is 2.34. The van der Waals surface area contributed by atoms with Crippen molar-refractivity contribution in [2.24, 2.45) is 7.05 Å². The highest BCUT2D eigenvalue weighted by Gasteiger charge is 2.18. The van der Waals surface area contributed by atoms with Crippen LogP contribution in [0.2, 0.25) is 0 Å². The van der Waals surface area contributed by atoms with Gasteiger partial charge in [0.25, 0.3) is 5.91 Å². The Morgan fingerprint density at radius 1 is 1.03 bits per heavy atom. The number of rotatable bonds is 8. The maximum Gasteiger partial charge on any atom is 0.340 e. The number of amides is 1. The normalized spacial score (nSPS) is 10.9. The van der Waals surface area contributed by atoms with Crippen molar-refractivity contribution in [1.82, 2.24) is 24.6 Å². The van der Waals surface area contributed by atoms with Crippen LogP contribution >= 0.6 is 0 Å². The first-order chi connectivity index (χ1) is 18.8. The fourth-order valence-corrected chi connectivity index (χ4v) is 4.10. The molecule has 3 aromatic heterocycles. The van der Waals surface area contributed by atoms with E-state index in [1.165, 1.54) is 28.9 Å². The Bertz CT molecular complexity index is 1720. The van der Waals surface area contributed by atoms with Crippen LogP contribution in [0.4, 0.5) is 4.39 Å². The summed E-state index contributed by atoms with van der Waals surface area (Å²) in [4.78, 5) is 41.2. The molecule has 0 saturated carbocycles. The van der Waals surface area contributed by atoms with Gasteiger partial charge in [-0.3, -0.25) is 4.79 Å². The highest BCUT2D eigenvalue weighted by molar-refractivity contribution is 6.02. The summed E-state index contributed by atoms with van der Waals surface area (Å²) in [6.07, 6.45) is 3.19. The lowest BCUT2D eigenvalue weighted by Gasteiger charge is -2.07. The molecule has 0 saturated heterocycles. The van der Waals surface area contributed by atoms with E-state index in [-0.39, 0.29) is 36.1 Å². The van der Waals surface area contributed by atoms with Crippen molar-refractivity contribution in [1.29, 1.82) is 0 Å². The SMILES string of the molecule is Cn1c(C(=O)NCc2ccccc2F)cc2ccc(-c3cnn(COC(=O)c4ccccc4C(=O)O)c3)nc21. The predicted octanol–water partition coefficient (Wildman–Crippen LogP) is 4.02. The zero-order valence-electron chi connectivity index (χ0n) is 20.7. The second-order valence-electron chi connectivity index (χ2n) is 8.65. The average molecular weight is 528 g/mol. The molecule has 11 heteroatoms. The van der Waals surface area contributed by atoms with Gasteiger partial charge in [0, 0.05) is 36.3 Å². The summed E-state index contributed by atoms with van der Waals surface area (Å²) in [6, 6.07) is 17.4. The number of halogens is 1. The summed E-state index contributed by atoms with van der Waals surface area (Å²) in [7, 11) is 1.72. The molecule has 196 valence electrons. The molecule has 10 nitrogen and oxygen atoms in total. The monoisotopic (exact) mass is 527 g/mol. The number of ether oxygens (including phenoxy) is 1. The van der Waals surface area contributed by atoms with Gasteiger partial charge in [0.1, 0.15) is 17.2 Å². The molecular weight excluding hydrogens is 505 g/mol. The van der Waals surface area contributed by atoms with Crippen molar-refractivity contribution in [3.8, 4) is 11.3 Å². The van der Waals surface area contributed by atoms with Crippen molar-refractivity contribution in [3.63, 3.8) is 0 Å². The Kier molecular flexibility index (Phi) is 6.87. The standard InChI is InChI=1S/C28H22FN5O5/c1-33-24(26(35)30-13-18-6-2-5-9-22(18)29)12-17-10-11-23(32-25(17)33)19-14-31-34(15-19)16-39-28(38)21-8-4-3-7-20(21)27(36)37/h2-12,14-15H,13,16H2,1H3,(H,30,35)(H,36,37). The second kappa shape index (κ2) is 10.6. The lowest BCUT2D eigenvalue weighted by Crippen LogP contribution is -2.25. The van der Waals surface area contributed by atoms with E-state index in [2.05, 4.69) is 15.4 Å². The molecule has 2 aromatic carbocycles. The summed E-state index contributed by atoms with van der Waals surface area (Å²) in [5, 5.41) is 16.9. The van der Waals surface area contributed by atoms with Crippen LogP contribution in [0.25, 0.3) is 22.3 Å². The van der Waals surface area contributed by atoms with Gasteiger partial charge in [0.05, 0.1) is 23.0 Å². The third-order valence-electron chi connectivity index (χ3n) is 6.14. The van der Waals surface area contributed by atoms with E-state index in [1.54, 1.807) is 60.4 Å². The van der Waals surface area contributed by atoms with Crippen LogP contribution in [-0.2, 0) is 25.1 Å². The van der Waals surface area contributed by atoms with Gasteiger partial charge in [-0.2, -0.15) is 5.10 Å². The van der Waals surface area contributed by atoms with Crippen LogP contribution in [0.15, 0.2) is 79.1 Å². The van der Waals surface area contributed by atoms with Crippen LogP contribution in [0, 0.1) is 5.82 Å². The Labute approximate surface area is 221 Å². The number of fused-ring (bicyclic) bond motifs is 1. The molecule has 0 bridgehead atoms. The number of carboxylic acids is 1. The van der Waals surface area contributed by atoms with Gasteiger partial charge in [-0.05, 0) is 36.4 Å². The number of nitrogens with one attached hydrogen (secondary N) is 1. The van der Waals surface area contributed by atoms with Gasteiger partial charge in [-0.25, -0.2) is 23.6 Å². The number of hydrogen-bond acceptors (Lipinski definition) is 6. The smallest absolute Gasteiger partial charge is 0.340 e. The maximum absolute atomic E-state index is 13.9. The topological polar surface area (TPSA) is 128 Å². The number of carbonyl (C=O) groups is 3. The minimum atomic E-state index is -1.23. The molecule has 5 rings (SSSR count). The molecule has 0 unspecified atom stereocenters. The minimum absolute atomic E-state index is 0.0529. The molecule has 0 aliphatic carbocycles. The molecule has 0 atom stereocenters. The van der Waals surface area contributed by atoms with Gasteiger partial charge in [-0.15, -0.1) is 0 Å². The van der Waals surface area contributed by atoms with E-state index >= 15 is 0 Å². The summed E-state index contributed by atoms with van der Waals surface area (Å²) in [5.74, 6) is -2.76. The fourth-order valence-electron chi connectivity index (χ4n) is 4.10. The fraction of sp³-hybridized carbons (Fsp3) is 0.107. The number of aromatic carboxylic acids is 1. The van der Waals surface area contributed by atoms with E-state index < -0.39 is 11.9 Å². The van der Waals surface area contributed by atoms with E-state index in [0.29, 0.717) is 28.2 Å². The molecule has 3 heterocycles. The van der Waals surface area contributed by atoms with E-state index in [4.69, 9.17) is 4.74 Å². The average Bonchev–Trinajstić information content (AvgIpc) is 3.55. The summed E-state index contributed by atoms with van der Waals surface area (Å²) >= 11 is 0. The molecule has 0 radical (unpaired) electrons. The highest BCUT2D eigenvalue weighted by Crippen LogP contribution is 2.23. The quantitative estimate of drug-likeness (QED) is 0.292. The number of carbonyl (C=O) groups excluding carboxylic acids is 2. The first-order valence-electron chi connectivity index (χ1n) is 11.8. The number of carboxylic acid groups (broad SMARTS) is 1. The van der Waals surface area contributed by atoms with Crippen LogP contribution in [0.3, 0.4) is 0 Å². The number of nitrogens with zero attached hydrogens (tertiary/aromatic N) is 4. The van der Waals surface area contributed by atoms with Gasteiger partial charge in [-0.1, -0.05) is 30.3 Å². The van der Waals surface area contributed by atoms with E-state index in [9.17, 15) is 23.9 Å². The molecule has 0 spiro atoms. The van der Waals surface area contributed by atoms with Crippen molar-refractivity contribution < 1.29 is 28.6 Å². The summed E-state index contributed by atoms with van der Waals surface area (Å²) < 4.78 is 22.2. The number of aryl methyl sites for hydroxylation is 1. The molecule has 0 fully saturated rings. The Balaban J connectivity index is 1.29. The first kappa shape index (κ1) is 25.3. The van der Waals surface area contributed by atoms with Crippen molar-refractivity contribution in [2.45, 2.75) is 13.3 Å². The zero-order chi connectivity index (χ0) is 27.5. The Morgan fingerprint density at radius 2 is 1.77 bits per heavy atom. The first-order valence-corrected chi connectivity index (χ1v) is 11.8. The molecule has 39 heavy (non-hydrogen) atoms. The predicted molar refractivity (Wildman–Crippen MR) is 138 cm³/mol. The zero-order valence-corrected chi connectivity index (χ0v) is 20.7. The van der Waals surface area contributed by atoms with Gasteiger partial charge < -0.3 is 19.7 Å². The number of esters is 1.